The number of carbonyl (C=O) groups excluding carboxylic acids is 1. The van der Waals surface area contributed by atoms with Crippen LogP contribution < -0.4 is 5.32 Å². The van der Waals surface area contributed by atoms with Crippen molar-refractivity contribution < 1.29 is 23.1 Å². The van der Waals surface area contributed by atoms with Gasteiger partial charge in [-0.1, -0.05) is 15.9 Å². The Hall–Kier alpha value is -2.72. The molecule has 1 aromatic carbocycles. The van der Waals surface area contributed by atoms with Crippen LogP contribution in [0.1, 0.15) is 33.6 Å². The van der Waals surface area contributed by atoms with Crippen molar-refractivity contribution in [2.75, 3.05) is 5.32 Å². The quantitative estimate of drug-likeness (QED) is 0.591. The number of anilines is 1. The van der Waals surface area contributed by atoms with Gasteiger partial charge in [-0.15, -0.1) is 0 Å². The van der Waals surface area contributed by atoms with Crippen LogP contribution in [0.5, 0.6) is 0 Å². The summed E-state index contributed by atoms with van der Waals surface area (Å²) >= 11 is 3.22. The van der Waals surface area contributed by atoms with Crippen LogP contribution in [0.2, 0.25) is 0 Å². The molecule has 3 aromatic rings. The van der Waals surface area contributed by atoms with E-state index in [4.69, 9.17) is 5.11 Å². The second-order valence-corrected chi connectivity index (χ2v) is 6.80. The van der Waals surface area contributed by atoms with E-state index >= 15 is 0 Å². The van der Waals surface area contributed by atoms with E-state index in [-0.39, 0.29) is 22.9 Å². The number of pyridine rings is 1. The molecule has 2 heterocycles. The number of nitrogens with one attached hydrogen (secondary N) is 1. The Morgan fingerprint density at radius 2 is 2.04 bits per heavy atom. The lowest BCUT2D eigenvalue weighted by Gasteiger charge is -2.08. The van der Waals surface area contributed by atoms with Gasteiger partial charge in [0, 0.05) is 29.0 Å². The number of amides is 1. The zero-order valence-electron chi connectivity index (χ0n) is 14.2. The highest BCUT2D eigenvalue weighted by Gasteiger charge is 2.18. The molecule has 0 aliphatic heterocycles. The van der Waals surface area contributed by atoms with Crippen molar-refractivity contribution in [2.45, 2.75) is 19.6 Å². The molecule has 0 saturated carbocycles. The molecule has 0 aliphatic rings. The number of alkyl halides is 2. The lowest BCUT2D eigenvalue weighted by atomic mass is 10.1. The number of benzene rings is 1. The largest absolute Gasteiger partial charge is 0.390 e. The molecular formula is C18H14BrF3N4O2. The number of aliphatic hydroxyl groups excluding tert-OH is 1. The van der Waals surface area contributed by atoms with Gasteiger partial charge in [0.2, 0.25) is 0 Å². The average molecular weight is 455 g/mol. The smallest absolute Gasteiger partial charge is 0.265 e. The van der Waals surface area contributed by atoms with Crippen molar-refractivity contribution >= 4 is 27.7 Å². The first-order chi connectivity index (χ1) is 13.4. The SMILES string of the molecule is O=C(Nc1cn(Cc2cc(F)cc(Br)c2)cn1)c1cnc(CO)c(C(F)F)c1. The predicted molar refractivity (Wildman–Crippen MR) is 98.5 cm³/mol. The summed E-state index contributed by atoms with van der Waals surface area (Å²) in [6.07, 6.45) is 1.22. The fourth-order valence-electron chi connectivity index (χ4n) is 2.57. The normalized spacial score (nSPS) is 11.1. The minimum absolute atomic E-state index is 0.0869. The first-order valence-corrected chi connectivity index (χ1v) is 8.81. The number of hydrogen-bond acceptors (Lipinski definition) is 4. The van der Waals surface area contributed by atoms with Crippen molar-refractivity contribution in [3.63, 3.8) is 0 Å². The number of hydrogen-bond donors (Lipinski definition) is 2. The molecule has 6 nitrogen and oxygen atoms in total. The highest BCUT2D eigenvalue weighted by atomic mass is 79.9. The third kappa shape index (κ3) is 4.76. The van der Waals surface area contributed by atoms with Crippen molar-refractivity contribution in [2.24, 2.45) is 0 Å². The summed E-state index contributed by atoms with van der Waals surface area (Å²) in [5.41, 5.74) is -0.0851. The van der Waals surface area contributed by atoms with E-state index in [1.165, 1.54) is 24.7 Å². The van der Waals surface area contributed by atoms with Gasteiger partial charge in [-0.2, -0.15) is 0 Å². The van der Waals surface area contributed by atoms with Gasteiger partial charge in [-0.05, 0) is 29.8 Å². The zero-order valence-corrected chi connectivity index (χ0v) is 15.8. The van der Waals surface area contributed by atoms with Crippen LogP contribution in [0, 0.1) is 5.82 Å². The van der Waals surface area contributed by atoms with E-state index in [2.05, 4.69) is 31.2 Å². The number of halogens is 4. The Morgan fingerprint density at radius 3 is 2.71 bits per heavy atom. The van der Waals surface area contributed by atoms with E-state index in [0.29, 0.717) is 16.6 Å². The first kappa shape index (κ1) is 20.0. The molecule has 0 spiro atoms. The minimum Gasteiger partial charge on any atom is -0.390 e. The summed E-state index contributed by atoms with van der Waals surface area (Å²) in [6, 6.07) is 5.46. The molecule has 3 rings (SSSR count). The van der Waals surface area contributed by atoms with E-state index in [1.807, 2.05) is 0 Å². The summed E-state index contributed by atoms with van der Waals surface area (Å²) < 4.78 is 41.7. The Balaban J connectivity index is 1.72. The van der Waals surface area contributed by atoms with Crippen LogP contribution in [-0.4, -0.2) is 25.5 Å². The number of rotatable bonds is 6. The van der Waals surface area contributed by atoms with Crippen molar-refractivity contribution in [1.29, 1.82) is 0 Å². The number of aliphatic hydroxyl groups is 1. The van der Waals surface area contributed by atoms with Gasteiger partial charge < -0.3 is 15.0 Å². The lowest BCUT2D eigenvalue weighted by Crippen LogP contribution is -2.14. The third-order valence-corrected chi connectivity index (χ3v) is 4.27. The number of imidazole rings is 1. The van der Waals surface area contributed by atoms with Crippen LogP contribution in [-0.2, 0) is 13.2 Å². The Kier molecular flexibility index (Phi) is 6.10. The molecule has 0 aliphatic carbocycles. The maximum Gasteiger partial charge on any atom is 0.265 e. The summed E-state index contributed by atoms with van der Waals surface area (Å²) in [5.74, 6) is -0.852. The zero-order chi connectivity index (χ0) is 20.3. The van der Waals surface area contributed by atoms with Crippen LogP contribution in [0.15, 0.2) is 47.5 Å². The van der Waals surface area contributed by atoms with E-state index < -0.39 is 24.5 Å². The van der Waals surface area contributed by atoms with Gasteiger partial charge in [0.25, 0.3) is 12.3 Å². The summed E-state index contributed by atoms with van der Waals surface area (Å²) in [6.45, 7) is -0.330. The Labute approximate surface area is 166 Å². The van der Waals surface area contributed by atoms with Crippen LogP contribution in [0.3, 0.4) is 0 Å². The molecule has 0 fully saturated rings. The molecule has 0 bridgehead atoms. The maximum atomic E-state index is 13.5. The molecule has 146 valence electrons. The molecule has 1 amide bonds. The van der Waals surface area contributed by atoms with E-state index in [1.54, 1.807) is 10.6 Å². The molecule has 0 saturated heterocycles. The molecule has 0 atom stereocenters. The fraction of sp³-hybridized carbons (Fsp3) is 0.167. The molecule has 28 heavy (non-hydrogen) atoms. The van der Waals surface area contributed by atoms with E-state index in [0.717, 1.165) is 12.3 Å². The van der Waals surface area contributed by atoms with Crippen molar-refractivity contribution in [3.8, 4) is 0 Å². The molecule has 10 heteroatoms. The van der Waals surface area contributed by atoms with Gasteiger partial charge in [0.05, 0.1) is 24.2 Å². The number of carbonyl (C=O) groups is 1. The van der Waals surface area contributed by atoms with Crippen LogP contribution in [0.4, 0.5) is 19.0 Å². The topological polar surface area (TPSA) is 80.0 Å². The summed E-state index contributed by atoms with van der Waals surface area (Å²) in [7, 11) is 0. The monoisotopic (exact) mass is 454 g/mol. The molecular weight excluding hydrogens is 441 g/mol. The van der Waals surface area contributed by atoms with Crippen molar-refractivity contribution in [3.05, 3.63) is 75.7 Å². The van der Waals surface area contributed by atoms with Crippen LogP contribution in [0.25, 0.3) is 0 Å². The average Bonchev–Trinajstić information content (AvgIpc) is 3.06. The molecule has 0 unspecified atom stereocenters. The minimum atomic E-state index is -2.87. The molecule has 2 N–H and O–H groups in total. The highest BCUT2D eigenvalue weighted by Crippen LogP contribution is 2.23. The van der Waals surface area contributed by atoms with Crippen LogP contribution >= 0.6 is 15.9 Å². The summed E-state index contributed by atoms with van der Waals surface area (Å²) in [5, 5.41) is 11.5. The second kappa shape index (κ2) is 8.53. The lowest BCUT2D eigenvalue weighted by molar-refractivity contribution is 0.102. The number of aromatic nitrogens is 3. The van der Waals surface area contributed by atoms with Gasteiger partial charge in [-0.25, -0.2) is 18.2 Å². The Bertz CT molecular complexity index is 990. The fourth-order valence-corrected chi connectivity index (χ4v) is 3.08. The maximum absolute atomic E-state index is 13.5. The van der Waals surface area contributed by atoms with Gasteiger partial charge in [0.1, 0.15) is 5.82 Å². The Morgan fingerprint density at radius 1 is 1.25 bits per heavy atom. The van der Waals surface area contributed by atoms with Gasteiger partial charge in [0.15, 0.2) is 5.82 Å². The molecule has 2 aromatic heterocycles. The van der Waals surface area contributed by atoms with Gasteiger partial charge >= 0.3 is 0 Å². The summed E-state index contributed by atoms with van der Waals surface area (Å²) in [4.78, 5) is 20.0. The third-order valence-electron chi connectivity index (χ3n) is 3.81. The predicted octanol–water partition coefficient (Wildman–Crippen LogP) is 3.91. The first-order valence-electron chi connectivity index (χ1n) is 8.01. The number of nitrogens with zero attached hydrogens (tertiary/aromatic N) is 3. The highest BCUT2D eigenvalue weighted by molar-refractivity contribution is 9.10. The second-order valence-electron chi connectivity index (χ2n) is 5.88. The van der Waals surface area contributed by atoms with Gasteiger partial charge in [-0.3, -0.25) is 9.78 Å². The van der Waals surface area contributed by atoms with E-state index in [9.17, 15) is 18.0 Å². The van der Waals surface area contributed by atoms with Crippen molar-refractivity contribution in [1.82, 2.24) is 14.5 Å². The molecule has 0 radical (unpaired) electrons. The standard InChI is InChI=1S/C18H14BrF3N4O2/c19-12-1-10(2-13(20)4-12)6-26-7-16(24-9-26)25-18(28)11-3-14(17(21)22)15(8-27)23-5-11/h1-5,7,9,17,27H,6,8H2,(H,25,28).